The number of aromatic nitrogens is 4. The first-order chi connectivity index (χ1) is 8.54. The molecule has 0 spiro atoms. The molecular formula is C10H20N6OS. The summed E-state index contributed by atoms with van der Waals surface area (Å²) in [4.78, 5) is 11.8. The predicted octanol–water partition coefficient (Wildman–Crippen LogP) is -0.102. The van der Waals surface area contributed by atoms with E-state index in [1.807, 2.05) is 27.8 Å². The van der Waals surface area contributed by atoms with Gasteiger partial charge in [-0.25, -0.2) is 4.68 Å². The summed E-state index contributed by atoms with van der Waals surface area (Å²) in [7, 11) is 1.87. The Hall–Kier alpha value is -1.15. The maximum Gasteiger partial charge on any atom is 0.233 e. The number of likely N-dealkylation sites (N-methyl/N-ethyl adjacent to an activating group) is 1. The third-order valence-corrected chi connectivity index (χ3v) is 3.23. The second-order valence-electron chi connectivity index (χ2n) is 4.21. The summed E-state index contributed by atoms with van der Waals surface area (Å²) in [6, 6.07) is 0.140. The fourth-order valence-corrected chi connectivity index (χ4v) is 2.08. The first-order valence-electron chi connectivity index (χ1n) is 5.92. The lowest BCUT2D eigenvalue weighted by Crippen LogP contribution is -2.36. The van der Waals surface area contributed by atoms with Gasteiger partial charge in [0.2, 0.25) is 11.1 Å². The number of nitrogens with zero attached hydrogens (tertiary/aromatic N) is 4. The first-order valence-corrected chi connectivity index (χ1v) is 6.80. The Morgan fingerprint density at radius 1 is 1.44 bits per heavy atom. The van der Waals surface area contributed by atoms with Gasteiger partial charge in [0, 0.05) is 12.6 Å². The van der Waals surface area contributed by atoms with Gasteiger partial charge in [0.1, 0.15) is 0 Å². The van der Waals surface area contributed by atoms with Crippen molar-refractivity contribution in [3.05, 3.63) is 0 Å². The van der Waals surface area contributed by atoms with E-state index in [0.717, 1.165) is 6.54 Å². The summed E-state index contributed by atoms with van der Waals surface area (Å²) in [5.41, 5.74) is 0. The SMILES string of the molecule is CNCCn1nnnc1SC(C)C(=O)NC(C)C. The molecule has 0 saturated carbocycles. The van der Waals surface area contributed by atoms with Crippen LogP contribution in [0.2, 0.25) is 0 Å². The van der Waals surface area contributed by atoms with E-state index in [0.29, 0.717) is 11.7 Å². The van der Waals surface area contributed by atoms with E-state index in [9.17, 15) is 4.79 Å². The van der Waals surface area contributed by atoms with Gasteiger partial charge in [-0.3, -0.25) is 4.79 Å². The zero-order chi connectivity index (χ0) is 13.5. The van der Waals surface area contributed by atoms with Crippen molar-refractivity contribution in [2.45, 2.75) is 43.8 Å². The van der Waals surface area contributed by atoms with Crippen LogP contribution >= 0.6 is 11.8 Å². The highest BCUT2D eigenvalue weighted by molar-refractivity contribution is 8.00. The molecule has 0 bridgehead atoms. The van der Waals surface area contributed by atoms with E-state index < -0.39 is 0 Å². The van der Waals surface area contributed by atoms with Gasteiger partial charge in [0.15, 0.2) is 0 Å². The van der Waals surface area contributed by atoms with Gasteiger partial charge >= 0.3 is 0 Å². The van der Waals surface area contributed by atoms with Crippen LogP contribution in [0, 0.1) is 0 Å². The molecule has 1 aromatic heterocycles. The van der Waals surface area contributed by atoms with E-state index in [4.69, 9.17) is 0 Å². The highest BCUT2D eigenvalue weighted by Gasteiger charge is 2.18. The Labute approximate surface area is 111 Å². The molecule has 1 aromatic rings. The number of hydrogen-bond donors (Lipinski definition) is 2. The Morgan fingerprint density at radius 3 is 2.78 bits per heavy atom. The smallest absolute Gasteiger partial charge is 0.233 e. The summed E-state index contributed by atoms with van der Waals surface area (Å²) in [6.45, 7) is 7.19. The monoisotopic (exact) mass is 272 g/mol. The zero-order valence-corrected chi connectivity index (χ0v) is 12.0. The molecule has 7 nitrogen and oxygen atoms in total. The molecule has 1 amide bonds. The quantitative estimate of drug-likeness (QED) is 0.674. The summed E-state index contributed by atoms with van der Waals surface area (Å²) >= 11 is 1.36. The van der Waals surface area contributed by atoms with Crippen molar-refractivity contribution in [2.24, 2.45) is 0 Å². The maximum atomic E-state index is 11.8. The van der Waals surface area contributed by atoms with Crippen molar-refractivity contribution in [1.82, 2.24) is 30.8 Å². The molecule has 1 atom stereocenters. The van der Waals surface area contributed by atoms with Gasteiger partial charge in [0.25, 0.3) is 0 Å². The topological polar surface area (TPSA) is 84.7 Å². The molecule has 0 aliphatic heterocycles. The molecule has 2 N–H and O–H groups in total. The Morgan fingerprint density at radius 2 is 2.17 bits per heavy atom. The minimum absolute atomic E-state index is 0.00170. The Bertz CT molecular complexity index is 380. The molecule has 18 heavy (non-hydrogen) atoms. The lowest BCUT2D eigenvalue weighted by Gasteiger charge is -2.13. The highest BCUT2D eigenvalue weighted by atomic mass is 32.2. The van der Waals surface area contributed by atoms with Crippen LogP contribution < -0.4 is 10.6 Å². The fourth-order valence-electron chi connectivity index (χ4n) is 1.25. The van der Waals surface area contributed by atoms with E-state index in [1.54, 1.807) is 4.68 Å². The van der Waals surface area contributed by atoms with Crippen molar-refractivity contribution in [1.29, 1.82) is 0 Å². The van der Waals surface area contributed by atoms with Gasteiger partial charge in [-0.05, 0) is 38.2 Å². The van der Waals surface area contributed by atoms with Crippen LogP contribution in [0.25, 0.3) is 0 Å². The molecule has 1 rings (SSSR count). The average Bonchev–Trinajstić information content (AvgIpc) is 2.72. The van der Waals surface area contributed by atoms with Gasteiger partial charge in [-0.1, -0.05) is 11.8 Å². The number of hydrogen-bond acceptors (Lipinski definition) is 6. The molecule has 1 unspecified atom stereocenters. The third-order valence-electron chi connectivity index (χ3n) is 2.15. The van der Waals surface area contributed by atoms with E-state index >= 15 is 0 Å². The van der Waals surface area contributed by atoms with Crippen molar-refractivity contribution in [3.8, 4) is 0 Å². The fraction of sp³-hybridized carbons (Fsp3) is 0.800. The first kappa shape index (κ1) is 14.9. The van der Waals surface area contributed by atoms with Crippen LogP contribution in [0.1, 0.15) is 20.8 Å². The van der Waals surface area contributed by atoms with Crippen LogP contribution in [-0.2, 0) is 11.3 Å². The molecular weight excluding hydrogens is 252 g/mol. The molecule has 0 aliphatic rings. The summed E-state index contributed by atoms with van der Waals surface area (Å²) in [5.74, 6) is -0.00170. The summed E-state index contributed by atoms with van der Waals surface area (Å²) < 4.78 is 1.69. The number of amides is 1. The van der Waals surface area contributed by atoms with Crippen LogP contribution in [0.15, 0.2) is 5.16 Å². The van der Waals surface area contributed by atoms with Crippen LogP contribution in [-0.4, -0.2) is 51.0 Å². The maximum absolute atomic E-state index is 11.8. The van der Waals surface area contributed by atoms with Crippen molar-refractivity contribution in [2.75, 3.05) is 13.6 Å². The second-order valence-corrected chi connectivity index (χ2v) is 5.52. The number of rotatable bonds is 7. The van der Waals surface area contributed by atoms with Gasteiger partial charge < -0.3 is 10.6 Å². The van der Waals surface area contributed by atoms with Gasteiger partial charge in [-0.15, -0.1) is 5.10 Å². The largest absolute Gasteiger partial charge is 0.353 e. The lowest BCUT2D eigenvalue weighted by atomic mass is 10.3. The number of carbonyl (C=O) groups excluding carboxylic acids is 1. The second kappa shape index (κ2) is 7.32. The average molecular weight is 272 g/mol. The third kappa shape index (κ3) is 4.61. The van der Waals surface area contributed by atoms with Gasteiger partial charge in [-0.2, -0.15) is 0 Å². The van der Waals surface area contributed by atoms with Gasteiger partial charge in [0.05, 0.1) is 11.8 Å². The molecule has 0 aromatic carbocycles. The number of tetrazole rings is 1. The molecule has 1 heterocycles. The molecule has 0 aliphatic carbocycles. The van der Waals surface area contributed by atoms with Crippen molar-refractivity contribution in [3.63, 3.8) is 0 Å². The summed E-state index contributed by atoms with van der Waals surface area (Å²) in [6.07, 6.45) is 0. The molecule has 0 fully saturated rings. The molecule has 0 saturated heterocycles. The number of carbonyl (C=O) groups is 1. The molecule has 0 radical (unpaired) electrons. The lowest BCUT2D eigenvalue weighted by molar-refractivity contribution is -0.120. The van der Waals surface area contributed by atoms with Crippen LogP contribution in [0.4, 0.5) is 0 Å². The Balaban J connectivity index is 2.55. The standard InChI is InChI=1S/C10H20N6OS/c1-7(2)12-9(17)8(3)18-10-13-14-15-16(10)6-5-11-4/h7-8,11H,5-6H2,1-4H3,(H,12,17). The normalized spacial score (nSPS) is 12.7. The van der Waals surface area contributed by atoms with E-state index in [2.05, 4.69) is 26.2 Å². The zero-order valence-electron chi connectivity index (χ0n) is 11.2. The van der Waals surface area contributed by atoms with Crippen molar-refractivity contribution < 1.29 is 4.79 Å². The Kier molecular flexibility index (Phi) is 6.06. The van der Waals surface area contributed by atoms with Crippen LogP contribution in [0.3, 0.4) is 0 Å². The highest BCUT2D eigenvalue weighted by Crippen LogP contribution is 2.19. The van der Waals surface area contributed by atoms with E-state index in [-0.39, 0.29) is 17.2 Å². The van der Waals surface area contributed by atoms with E-state index in [1.165, 1.54) is 11.8 Å². The summed E-state index contributed by atoms with van der Waals surface area (Å²) in [5, 5.41) is 17.8. The minimum atomic E-state index is -0.216. The predicted molar refractivity (Wildman–Crippen MR) is 70.3 cm³/mol. The minimum Gasteiger partial charge on any atom is -0.353 e. The molecule has 8 heteroatoms. The molecule has 102 valence electrons. The number of thioether (sulfide) groups is 1. The van der Waals surface area contributed by atoms with Crippen LogP contribution in [0.5, 0.6) is 0 Å². The number of nitrogens with one attached hydrogen (secondary N) is 2. The van der Waals surface area contributed by atoms with Crippen molar-refractivity contribution >= 4 is 17.7 Å².